The van der Waals surface area contributed by atoms with Gasteiger partial charge < -0.3 is 15.0 Å². The van der Waals surface area contributed by atoms with E-state index in [1.165, 1.54) is 5.69 Å². The predicted octanol–water partition coefficient (Wildman–Crippen LogP) is 4.90. The third-order valence-corrected chi connectivity index (χ3v) is 7.84. The summed E-state index contributed by atoms with van der Waals surface area (Å²) >= 11 is 1.64. The van der Waals surface area contributed by atoms with Crippen molar-refractivity contribution in [3.63, 3.8) is 0 Å². The number of rotatable bonds is 6. The molecular formula is C27H29N5O2S. The third kappa shape index (κ3) is 4.57. The molecule has 0 saturated carbocycles. The molecule has 2 fully saturated rings. The minimum absolute atomic E-state index is 0.0219. The van der Waals surface area contributed by atoms with Gasteiger partial charge in [0.1, 0.15) is 6.04 Å². The lowest BCUT2D eigenvalue weighted by atomic mass is 10.1. The second-order valence-electron chi connectivity index (χ2n) is 9.13. The Hall–Kier alpha value is -3.20. The van der Waals surface area contributed by atoms with Gasteiger partial charge in [-0.2, -0.15) is 5.10 Å². The molecule has 2 N–H and O–H groups in total. The van der Waals surface area contributed by atoms with Crippen LogP contribution in [0.2, 0.25) is 0 Å². The highest BCUT2D eigenvalue weighted by molar-refractivity contribution is 7.10. The Labute approximate surface area is 208 Å². The Morgan fingerprint density at radius 3 is 2.57 bits per heavy atom. The van der Waals surface area contributed by atoms with Gasteiger partial charge in [0.25, 0.3) is 0 Å². The number of benzene rings is 2. The molecule has 7 nitrogen and oxygen atoms in total. The van der Waals surface area contributed by atoms with Gasteiger partial charge in [-0.15, -0.1) is 11.3 Å². The molecule has 8 heteroatoms. The Morgan fingerprint density at radius 2 is 1.83 bits per heavy atom. The Balaban J connectivity index is 1.25. The lowest BCUT2D eigenvalue weighted by Crippen LogP contribution is -2.36. The van der Waals surface area contributed by atoms with Crippen LogP contribution in [0.4, 0.5) is 11.4 Å². The molecule has 2 aromatic heterocycles. The number of ether oxygens (including phenoxy) is 1. The molecule has 4 heterocycles. The van der Waals surface area contributed by atoms with Crippen molar-refractivity contribution >= 4 is 39.5 Å². The maximum absolute atomic E-state index is 13.4. The molecule has 1 amide bonds. The van der Waals surface area contributed by atoms with Crippen LogP contribution in [0.5, 0.6) is 0 Å². The van der Waals surface area contributed by atoms with Gasteiger partial charge in [-0.3, -0.25) is 14.8 Å². The standard InChI is InChI=1S/C27H29N5O2S/c33-27(26(24-4-3-17-35-24)32-11-1-2-12-32)28-20-7-10-23-22(18-20)25(30-29-23)19-5-8-21(9-6-19)31-13-15-34-16-14-31/h3-10,17-18,26H,1-2,11-16H2,(H,28,33)(H,29,30)/t26-/m0/s1. The number of hydrogen-bond acceptors (Lipinski definition) is 6. The van der Waals surface area contributed by atoms with E-state index in [-0.39, 0.29) is 11.9 Å². The number of H-pyrrole nitrogens is 1. The summed E-state index contributed by atoms with van der Waals surface area (Å²) < 4.78 is 5.47. The van der Waals surface area contributed by atoms with Gasteiger partial charge in [-0.1, -0.05) is 18.2 Å². The van der Waals surface area contributed by atoms with Gasteiger partial charge in [0, 0.05) is 40.3 Å². The maximum Gasteiger partial charge on any atom is 0.247 e. The average Bonchev–Trinajstić information content (AvgIpc) is 3.68. The second-order valence-corrected chi connectivity index (χ2v) is 10.1. The fourth-order valence-corrected chi connectivity index (χ4v) is 5.95. The van der Waals surface area contributed by atoms with Gasteiger partial charge >= 0.3 is 0 Å². The van der Waals surface area contributed by atoms with Crippen LogP contribution in [0, 0.1) is 0 Å². The van der Waals surface area contributed by atoms with Crippen LogP contribution in [0.3, 0.4) is 0 Å². The smallest absolute Gasteiger partial charge is 0.247 e. The Kier molecular flexibility index (Phi) is 6.24. The first-order chi connectivity index (χ1) is 17.3. The number of thiophene rings is 1. The zero-order valence-electron chi connectivity index (χ0n) is 19.6. The van der Waals surface area contributed by atoms with E-state index in [0.29, 0.717) is 0 Å². The summed E-state index contributed by atoms with van der Waals surface area (Å²) in [6.07, 6.45) is 2.29. The quantitative estimate of drug-likeness (QED) is 0.405. The molecule has 6 rings (SSSR count). The second kappa shape index (κ2) is 9.81. The predicted molar refractivity (Wildman–Crippen MR) is 141 cm³/mol. The summed E-state index contributed by atoms with van der Waals surface area (Å²) in [6, 6.07) is 18.3. The van der Waals surface area contributed by atoms with Crippen LogP contribution in [0.25, 0.3) is 22.2 Å². The van der Waals surface area contributed by atoms with E-state index < -0.39 is 0 Å². The maximum atomic E-state index is 13.4. The van der Waals surface area contributed by atoms with E-state index in [9.17, 15) is 4.79 Å². The number of fused-ring (bicyclic) bond motifs is 1. The Bertz CT molecular complexity index is 1290. The number of aromatic amines is 1. The van der Waals surface area contributed by atoms with Crippen LogP contribution >= 0.6 is 11.3 Å². The Morgan fingerprint density at radius 1 is 1.03 bits per heavy atom. The largest absolute Gasteiger partial charge is 0.378 e. The molecule has 35 heavy (non-hydrogen) atoms. The van der Waals surface area contributed by atoms with E-state index in [1.54, 1.807) is 11.3 Å². The molecule has 0 unspecified atom stereocenters. The van der Waals surface area contributed by atoms with Crippen molar-refractivity contribution in [2.24, 2.45) is 0 Å². The van der Waals surface area contributed by atoms with Gasteiger partial charge in [-0.05, 0) is 67.7 Å². The molecule has 0 bridgehead atoms. The molecule has 2 aliphatic heterocycles. The van der Waals surface area contributed by atoms with Gasteiger partial charge in [0.2, 0.25) is 5.91 Å². The first-order valence-corrected chi connectivity index (χ1v) is 13.1. The summed E-state index contributed by atoms with van der Waals surface area (Å²) in [5, 5.41) is 14.0. The van der Waals surface area contributed by atoms with Crippen LogP contribution in [0.15, 0.2) is 60.0 Å². The van der Waals surface area contributed by atoms with Gasteiger partial charge in [0.05, 0.1) is 24.4 Å². The minimum Gasteiger partial charge on any atom is -0.378 e. The minimum atomic E-state index is -0.246. The van der Waals surface area contributed by atoms with E-state index >= 15 is 0 Å². The number of hydrogen-bond donors (Lipinski definition) is 2. The van der Waals surface area contributed by atoms with Crippen molar-refractivity contribution < 1.29 is 9.53 Å². The number of anilines is 2. The number of carbonyl (C=O) groups excluding carboxylic acids is 1. The number of amides is 1. The lowest BCUT2D eigenvalue weighted by Gasteiger charge is -2.28. The van der Waals surface area contributed by atoms with Crippen molar-refractivity contribution in [3.8, 4) is 11.3 Å². The molecule has 180 valence electrons. The zero-order chi connectivity index (χ0) is 23.6. The summed E-state index contributed by atoms with van der Waals surface area (Å²) in [5.41, 5.74) is 4.87. The lowest BCUT2D eigenvalue weighted by molar-refractivity contribution is -0.121. The average molecular weight is 488 g/mol. The van der Waals surface area contributed by atoms with Crippen molar-refractivity contribution in [1.82, 2.24) is 15.1 Å². The normalized spacial score (nSPS) is 17.7. The molecule has 2 aliphatic rings. The SMILES string of the molecule is O=C(Nc1ccc2[nH]nc(-c3ccc(N4CCOCC4)cc3)c2c1)[C@H](c1cccs1)N1CCCC1. The summed E-state index contributed by atoms with van der Waals surface area (Å²) in [6.45, 7) is 5.29. The van der Waals surface area contributed by atoms with Crippen molar-refractivity contribution in [1.29, 1.82) is 0 Å². The van der Waals surface area contributed by atoms with Gasteiger partial charge in [-0.25, -0.2) is 0 Å². The van der Waals surface area contributed by atoms with Crippen molar-refractivity contribution in [2.45, 2.75) is 18.9 Å². The van der Waals surface area contributed by atoms with Crippen LogP contribution in [-0.4, -0.2) is 60.4 Å². The number of morpholine rings is 1. The van der Waals surface area contributed by atoms with E-state index in [1.807, 2.05) is 29.6 Å². The first-order valence-electron chi connectivity index (χ1n) is 12.3. The summed E-state index contributed by atoms with van der Waals surface area (Å²) in [7, 11) is 0. The summed E-state index contributed by atoms with van der Waals surface area (Å²) in [5.74, 6) is 0.0219. The van der Waals surface area contributed by atoms with Crippen LogP contribution in [0.1, 0.15) is 23.8 Å². The molecule has 0 spiro atoms. The summed E-state index contributed by atoms with van der Waals surface area (Å²) in [4.78, 5) is 19.2. The monoisotopic (exact) mass is 487 g/mol. The molecular weight excluding hydrogens is 458 g/mol. The third-order valence-electron chi connectivity index (χ3n) is 6.91. The highest BCUT2D eigenvalue weighted by Gasteiger charge is 2.30. The molecule has 0 aliphatic carbocycles. The zero-order valence-corrected chi connectivity index (χ0v) is 20.4. The van der Waals surface area contributed by atoms with E-state index in [2.05, 4.69) is 55.6 Å². The van der Waals surface area contributed by atoms with Crippen LogP contribution < -0.4 is 10.2 Å². The van der Waals surface area contributed by atoms with E-state index in [0.717, 1.165) is 85.0 Å². The molecule has 1 atom stereocenters. The van der Waals surface area contributed by atoms with Crippen molar-refractivity contribution in [2.75, 3.05) is 49.6 Å². The van der Waals surface area contributed by atoms with E-state index in [4.69, 9.17) is 4.74 Å². The fraction of sp³-hybridized carbons (Fsp3) is 0.333. The highest BCUT2D eigenvalue weighted by Crippen LogP contribution is 2.32. The topological polar surface area (TPSA) is 73.5 Å². The van der Waals surface area contributed by atoms with Gasteiger partial charge in [0.15, 0.2) is 0 Å². The first kappa shape index (κ1) is 22.3. The number of nitrogens with zero attached hydrogens (tertiary/aromatic N) is 3. The number of carbonyl (C=O) groups is 1. The fourth-order valence-electron chi connectivity index (χ4n) is 5.10. The molecule has 0 radical (unpaired) electrons. The molecule has 2 aromatic carbocycles. The molecule has 4 aromatic rings. The van der Waals surface area contributed by atoms with Crippen molar-refractivity contribution in [3.05, 3.63) is 64.9 Å². The molecule has 2 saturated heterocycles. The number of aromatic nitrogens is 2. The van der Waals surface area contributed by atoms with Crippen LogP contribution in [-0.2, 0) is 9.53 Å². The number of likely N-dealkylation sites (tertiary alicyclic amines) is 1. The highest BCUT2D eigenvalue weighted by atomic mass is 32.1. The number of nitrogens with one attached hydrogen (secondary N) is 2.